The number of benzene rings is 8. The fourth-order valence-electron chi connectivity index (χ4n) is 8.54. The van der Waals surface area contributed by atoms with Gasteiger partial charge in [0.25, 0.3) is 0 Å². The van der Waals surface area contributed by atoms with Crippen LogP contribution in [-0.4, -0.2) is 14.1 Å². The van der Waals surface area contributed by atoms with Crippen LogP contribution in [-0.2, 0) is 0 Å². The molecule has 11 rings (SSSR count). The van der Waals surface area contributed by atoms with Gasteiger partial charge in [0.05, 0.1) is 33.5 Å². The summed E-state index contributed by atoms with van der Waals surface area (Å²) in [5, 5.41) is 5.05. The van der Waals surface area contributed by atoms with E-state index in [0.29, 0.717) is 0 Å². The second-order valence-corrected chi connectivity index (χ2v) is 14.4. The summed E-state index contributed by atoms with van der Waals surface area (Å²) >= 11 is 0. The average molecular weight is 714 g/mol. The van der Waals surface area contributed by atoms with E-state index in [2.05, 4.69) is 221 Å². The molecule has 8 aromatic carbocycles. The molecule has 0 N–H and O–H groups in total. The van der Waals surface area contributed by atoms with Gasteiger partial charge in [0.2, 0.25) is 0 Å². The van der Waals surface area contributed by atoms with Crippen LogP contribution in [0.25, 0.3) is 99.8 Å². The van der Waals surface area contributed by atoms with Crippen LogP contribution < -0.4 is 0 Å². The first-order chi connectivity index (χ1) is 27.8. The minimum absolute atomic E-state index is 0.940. The normalized spacial score (nSPS) is 11.6. The van der Waals surface area contributed by atoms with Crippen molar-refractivity contribution in [3.8, 4) is 56.1 Å². The summed E-state index contributed by atoms with van der Waals surface area (Å²) in [7, 11) is 0. The van der Waals surface area contributed by atoms with Gasteiger partial charge in [-0.2, -0.15) is 0 Å². The van der Waals surface area contributed by atoms with Crippen molar-refractivity contribution in [2.24, 2.45) is 0 Å². The van der Waals surface area contributed by atoms with Gasteiger partial charge in [-0.25, -0.2) is 4.98 Å². The molecule has 0 spiro atoms. The second-order valence-electron chi connectivity index (χ2n) is 14.4. The van der Waals surface area contributed by atoms with Crippen molar-refractivity contribution in [2.75, 3.05) is 0 Å². The van der Waals surface area contributed by atoms with E-state index < -0.39 is 0 Å². The number of nitrogens with zero attached hydrogens (tertiary/aromatic N) is 3. The summed E-state index contributed by atoms with van der Waals surface area (Å²) in [6, 6.07) is 76.1. The van der Waals surface area contributed by atoms with Gasteiger partial charge < -0.3 is 9.13 Å². The van der Waals surface area contributed by atoms with Gasteiger partial charge in [-0.05, 0) is 89.0 Å². The molecule has 0 aliphatic heterocycles. The Morgan fingerprint density at radius 1 is 0.268 bits per heavy atom. The fourth-order valence-corrected chi connectivity index (χ4v) is 8.54. The summed E-state index contributed by atoms with van der Waals surface area (Å²) in [5.74, 6) is 0. The van der Waals surface area contributed by atoms with Gasteiger partial charge in [-0.3, -0.25) is 0 Å². The van der Waals surface area contributed by atoms with Crippen LogP contribution in [0.3, 0.4) is 0 Å². The van der Waals surface area contributed by atoms with E-state index in [1.54, 1.807) is 0 Å². The van der Waals surface area contributed by atoms with Crippen molar-refractivity contribution in [3.05, 3.63) is 212 Å². The third-order valence-electron chi connectivity index (χ3n) is 11.1. The van der Waals surface area contributed by atoms with E-state index in [1.165, 1.54) is 54.7 Å². The Morgan fingerprint density at radius 2 is 0.696 bits per heavy atom. The summed E-state index contributed by atoms with van der Waals surface area (Å²) in [6.07, 6.45) is 0. The van der Waals surface area contributed by atoms with Crippen LogP contribution >= 0.6 is 0 Å². The van der Waals surface area contributed by atoms with E-state index >= 15 is 0 Å². The second kappa shape index (κ2) is 13.1. The summed E-state index contributed by atoms with van der Waals surface area (Å²) in [6.45, 7) is 0. The molecule has 0 saturated carbocycles. The molecule has 0 fully saturated rings. The SMILES string of the molecule is c1ccc(-c2cccc(-c3cc(-c4ccccc4)nc(-c4ccc(-n5c6ccccc6c6c7c8ccccc8n(-c8ccccc8)c7ccc65)cc4)c3)c2)cc1. The standard InChI is InChI=1S/C53H35N3/c1-4-15-36(16-5-1)39-19-14-20-40(33-39)41-34-46(37-17-6-2-7-18-37)54-47(35-41)38-27-29-43(30-28-38)56-49-26-13-11-24-45(49)53-51(56)32-31-50-52(53)44-23-10-12-25-48(44)55(50)42-21-8-3-9-22-42/h1-35H. The quantitative estimate of drug-likeness (QED) is 0.168. The first-order valence-electron chi connectivity index (χ1n) is 19.1. The third-order valence-corrected chi connectivity index (χ3v) is 11.1. The summed E-state index contributed by atoms with van der Waals surface area (Å²) in [4.78, 5) is 5.25. The largest absolute Gasteiger partial charge is 0.309 e. The smallest absolute Gasteiger partial charge is 0.0715 e. The Bertz CT molecular complexity index is 3210. The van der Waals surface area contributed by atoms with Crippen LogP contribution in [0, 0.1) is 0 Å². The maximum atomic E-state index is 5.25. The maximum absolute atomic E-state index is 5.25. The average Bonchev–Trinajstić information content (AvgIpc) is 3.80. The maximum Gasteiger partial charge on any atom is 0.0715 e. The molecule has 0 aliphatic rings. The molecule has 262 valence electrons. The Morgan fingerprint density at radius 3 is 1.27 bits per heavy atom. The number of aromatic nitrogens is 3. The number of pyridine rings is 1. The first kappa shape index (κ1) is 32.0. The number of hydrogen-bond acceptors (Lipinski definition) is 1. The molecule has 11 aromatic rings. The van der Waals surface area contributed by atoms with Crippen molar-refractivity contribution in [1.29, 1.82) is 0 Å². The molecule has 0 radical (unpaired) electrons. The zero-order chi connectivity index (χ0) is 37.0. The van der Waals surface area contributed by atoms with E-state index in [-0.39, 0.29) is 0 Å². The lowest BCUT2D eigenvalue weighted by molar-refractivity contribution is 1.17. The predicted octanol–water partition coefficient (Wildman–Crippen LogP) is 13.9. The lowest BCUT2D eigenvalue weighted by Gasteiger charge is -2.13. The molecule has 3 aromatic heterocycles. The van der Waals surface area contributed by atoms with Crippen LogP contribution in [0.4, 0.5) is 0 Å². The Hall–Kier alpha value is -7.49. The molecule has 3 heteroatoms. The van der Waals surface area contributed by atoms with E-state index in [1.807, 2.05) is 0 Å². The molecular weight excluding hydrogens is 679 g/mol. The Kier molecular flexibility index (Phi) is 7.49. The topological polar surface area (TPSA) is 22.8 Å². The fraction of sp³-hybridized carbons (Fsp3) is 0. The van der Waals surface area contributed by atoms with Gasteiger partial charge in [-0.15, -0.1) is 0 Å². The summed E-state index contributed by atoms with van der Waals surface area (Å²) in [5.41, 5.74) is 15.8. The van der Waals surface area contributed by atoms with Crippen LogP contribution in [0.5, 0.6) is 0 Å². The van der Waals surface area contributed by atoms with Gasteiger partial charge >= 0.3 is 0 Å². The zero-order valence-electron chi connectivity index (χ0n) is 30.5. The lowest BCUT2D eigenvalue weighted by Crippen LogP contribution is -1.95. The van der Waals surface area contributed by atoms with Gasteiger partial charge in [0.1, 0.15) is 0 Å². The van der Waals surface area contributed by atoms with Crippen molar-refractivity contribution in [3.63, 3.8) is 0 Å². The highest BCUT2D eigenvalue weighted by atomic mass is 15.0. The third kappa shape index (κ3) is 5.25. The number of para-hydroxylation sites is 3. The number of rotatable bonds is 6. The molecule has 0 atom stereocenters. The molecule has 0 bridgehead atoms. The monoisotopic (exact) mass is 713 g/mol. The highest BCUT2D eigenvalue weighted by molar-refractivity contribution is 6.28. The molecule has 3 heterocycles. The van der Waals surface area contributed by atoms with Gasteiger partial charge in [0, 0.05) is 44.0 Å². The number of fused-ring (bicyclic) bond motifs is 7. The Labute approximate surface area is 325 Å². The Balaban J connectivity index is 1.07. The predicted molar refractivity (Wildman–Crippen MR) is 235 cm³/mol. The highest BCUT2D eigenvalue weighted by Crippen LogP contribution is 2.42. The van der Waals surface area contributed by atoms with Crippen LogP contribution in [0.15, 0.2) is 212 Å². The van der Waals surface area contributed by atoms with E-state index in [0.717, 1.165) is 45.0 Å². The van der Waals surface area contributed by atoms with Crippen molar-refractivity contribution < 1.29 is 0 Å². The highest BCUT2D eigenvalue weighted by Gasteiger charge is 2.20. The van der Waals surface area contributed by atoms with Gasteiger partial charge in [-0.1, -0.05) is 146 Å². The minimum Gasteiger partial charge on any atom is -0.309 e. The van der Waals surface area contributed by atoms with E-state index in [4.69, 9.17) is 4.98 Å². The first-order valence-corrected chi connectivity index (χ1v) is 19.1. The molecule has 0 amide bonds. The van der Waals surface area contributed by atoms with Crippen molar-refractivity contribution in [2.45, 2.75) is 0 Å². The van der Waals surface area contributed by atoms with Crippen LogP contribution in [0.1, 0.15) is 0 Å². The molecule has 0 saturated heterocycles. The molecule has 3 nitrogen and oxygen atoms in total. The molecule has 0 unspecified atom stereocenters. The van der Waals surface area contributed by atoms with Crippen molar-refractivity contribution in [1.82, 2.24) is 14.1 Å². The molecular formula is C53H35N3. The molecule has 56 heavy (non-hydrogen) atoms. The van der Waals surface area contributed by atoms with Crippen molar-refractivity contribution >= 4 is 43.6 Å². The lowest BCUT2D eigenvalue weighted by atomic mass is 9.96. The number of hydrogen-bond donors (Lipinski definition) is 0. The van der Waals surface area contributed by atoms with Crippen LogP contribution in [0.2, 0.25) is 0 Å². The van der Waals surface area contributed by atoms with Gasteiger partial charge in [0.15, 0.2) is 0 Å². The minimum atomic E-state index is 0.940. The summed E-state index contributed by atoms with van der Waals surface area (Å²) < 4.78 is 4.81. The molecule has 0 aliphatic carbocycles. The van der Waals surface area contributed by atoms with E-state index in [9.17, 15) is 0 Å². The zero-order valence-corrected chi connectivity index (χ0v) is 30.5.